The van der Waals surface area contributed by atoms with Gasteiger partial charge in [0.25, 0.3) is 10.0 Å². The lowest BCUT2D eigenvalue weighted by atomic mass is 10.3. The molecule has 5 nitrogen and oxygen atoms in total. The van der Waals surface area contributed by atoms with Crippen LogP contribution in [0.5, 0.6) is 0 Å². The lowest BCUT2D eigenvalue weighted by molar-refractivity contribution is 0.594. The van der Waals surface area contributed by atoms with Crippen LogP contribution in [0.2, 0.25) is 0 Å². The van der Waals surface area contributed by atoms with E-state index in [1.807, 2.05) is 54.2 Å². The van der Waals surface area contributed by atoms with Crippen molar-refractivity contribution in [3.05, 3.63) is 84.5 Å². The maximum atomic E-state index is 12.9. The Kier molecular flexibility index (Phi) is 4.72. The highest BCUT2D eigenvalue weighted by atomic mass is 32.2. The average molecular weight is 353 g/mol. The number of nitrogens with zero attached hydrogens (tertiary/aromatic N) is 3. The average Bonchev–Trinajstić information content (AvgIpc) is 2.64. The summed E-state index contributed by atoms with van der Waals surface area (Å²) in [4.78, 5) is 4.73. The summed E-state index contributed by atoms with van der Waals surface area (Å²) < 4.78 is 28.9. The second kappa shape index (κ2) is 6.94. The third-order valence-electron chi connectivity index (χ3n) is 3.87. The Bertz CT molecular complexity index is 1040. The summed E-state index contributed by atoms with van der Waals surface area (Å²) in [5, 5.41) is 0. The summed E-state index contributed by atoms with van der Waals surface area (Å²) in [6.07, 6.45) is 1.89. The molecular weight excluding hydrogens is 334 g/mol. The molecule has 0 radical (unpaired) electrons. The van der Waals surface area contributed by atoms with E-state index in [9.17, 15) is 8.42 Å². The zero-order valence-corrected chi connectivity index (χ0v) is 14.9. The number of hydrogen-bond donors (Lipinski definition) is 0. The molecule has 0 saturated carbocycles. The summed E-state index contributed by atoms with van der Waals surface area (Å²) >= 11 is 0. The number of hydrogen-bond acceptors (Lipinski definition) is 3. The van der Waals surface area contributed by atoms with Gasteiger partial charge in [-0.25, -0.2) is 13.4 Å². The fourth-order valence-electron chi connectivity index (χ4n) is 2.41. The standard InChI is InChI=1S/C19H19N3O2S/c1-21-14-7-6-13-19(21)20-16-9-8-12-18(15-16)25(23,24)22(2)17-10-4-3-5-11-17/h3-15H,1-2H3. The molecule has 0 aliphatic heterocycles. The molecule has 0 unspecified atom stereocenters. The van der Waals surface area contributed by atoms with E-state index in [0.29, 0.717) is 11.4 Å². The molecule has 0 fully saturated rings. The van der Waals surface area contributed by atoms with Crippen molar-refractivity contribution in [2.45, 2.75) is 4.90 Å². The van der Waals surface area contributed by atoms with Crippen LogP contribution in [0.25, 0.3) is 0 Å². The first-order valence-electron chi connectivity index (χ1n) is 7.79. The summed E-state index contributed by atoms with van der Waals surface area (Å²) in [5.41, 5.74) is 1.94. The summed E-state index contributed by atoms with van der Waals surface area (Å²) in [5.74, 6) is 0. The van der Waals surface area contributed by atoms with Gasteiger partial charge in [-0.15, -0.1) is 0 Å². The fraction of sp³-hybridized carbons (Fsp3) is 0.105. The van der Waals surface area contributed by atoms with Gasteiger partial charge >= 0.3 is 0 Å². The molecule has 128 valence electrons. The predicted octanol–water partition coefficient (Wildman–Crippen LogP) is 3.08. The molecule has 0 aliphatic rings. The van der Waals surface area contributed by atoms with Crippen molar-refractivity contribution in [3.8, 4) is 0 Å². The molecule has 0 saturated heterocycles. The number of anilines is 1. The van der Waals surface area contributed by atoms with Crippen LogP contribution in [0.1, 0.15) is 0 Å². The lowest BCUT2D eigenvalue weighted by Crippen LogP contribution is -2.26. The van der Waals surface area contributed by atoms with Crippen LogP contribution in [-0.4, -0.2) is 20.0 Å². The van der Waals surface area contributed by atoms with Crippen molar-refractivity contribution < 1.29 is 8.42 Å². The Labute approximate surface area is 147 Å². The fourth-order valence-corrected chi connectivity index (χ4v) is 3.65. The topological polar surface area (TPSA) is 54.7 Å². The summed E-state index contributed by atoms with van der Waals surface area (Å²) in [7, 11) is -0.212. The number of rotatable bonds is 4. The summed E-state index contributed by atoms with van der Waals surface area (Å²) in [6, 6.07) is 21.3. The van der Waals surface area contributed by atoms with E-state index < -0.39 is 10.0 Å². The Balaban J connectivity index is 2.02. The molecule has 25 heavy (non-hydrogen) atoms. The third kappa shape index (κ3) is 3.64. The lowest BCUT2D eigenvalue weighted by Gasteiger charge is -2.19. The number of benzene rings is 2. The van der Waals surface area contributed by atoms with Gasteiger partial charge in [0.2, 0.25) is 0 Å². The van der Waals surface area contributed by atoms with Crippen molar-refractivity contribution >= 4 is 21.4 Å². The van der Waals surface area contributed by atoms with E-state index in [-0.39, 0.29) is 4.90 Å². The van der Waals surface area contributed by atoms with E-state index in [1.54, 1.807) is 43.4 Å². The molecule has 3 rings (SSSR count). The first-order chi connectivity index (χ1) is 12.0. The highest BCUT2D eigenvalue weighted by molar-refractivity contribution is 7.92. The van der Waals surface area contributed by atoms with E-state index in [0.717, 1.165) is 5.49 Å². The molecule has 0 bridgehead atoms. The van der Waals surface area contributed by atoms with Crippen LogP contribution in [0.3, 0.4) is 0 Å². The Morgan fingerprint density at radius 3 is 2.36 bits per heavy atom. The monoisotopic (exact) mass is 353 g/mol. The number of aromatic nitrogens is 1. The quantitative estimate of drug-likeness (QED) is 0.724. The number of pyridine rings is 1. The van der Waals surface area contributed by atoms with E-state index in [1.165, 1.54) is 4.31 Å². The minimum atomic E-state index is -3.65. The van der Waals surface area contributed by atoms with Gasteiger partial charge in [-0.3, -0.25) is 4.31 Å². The van der Waals surface area contributed by atoms with Crippen molar-refractivity contribution in [2.75, 3.05) is 11.4 Å². The number of para-hydroxylation sites is 1. The van der Waals surface area contributed by atoms with Gasteiger partial charge in [-0.1, -0.05) is 30.3 Å². The summed E-state index contributed by atoms with van der Waals surface area (Å²) in [6.45, 7) is 0. The third-order valence-corrected chi connectivity index (χ3v) is 5.65. The van der Waals surface area contributed by atoms with Crippen LogP contribution < -0.4 is 9.79 Å². The van der Waals surface area contributed by atoms with E-state index in [2.05, 4.69) is 4.99 Å². The van der Waals surface area contributed by atoms with Crippen molar-refractivity contribution in [2.24, 2.45) is 12.0 Å². The van der Waals surface area contributed by atoms with Gasteiger partial charge in [0, 0.05) is 20.3 Å². The van der Waals surface area contributed by atoms with Gasteiger partial charge in [0.05, 0.1) is 16.3 Å². The van der Waals surface area contributed by atoms with E-state index in [4.69, 9.17) is 0 Å². The molecule has 0 atom stereocenters. The molecule has 0 amide bonds. The normalized spacial score (nSPS) is 12.2. The zero-order chi connectivity index (χ0) is 17.9. The molecule has 1 aromatic heterocycles. The predicted molar refractivity (Wildman–Crippen MR) is 99.1 cm³/mol. The van der Waals surface area contributed by atoms with E-state index >= 15 is 0 Å². The minimum absolute atomic E-state index is 0.207. The molecule has 2 aromatic carbocycles. The van der Waals surface area contributed by atoms with Crippen LogP contribution in [-0.2, 0) is 17.1 Å². The Morgan fingerprint density at radius 2 is 1.64 bits per heavy atom. The second-order valence-electron chi connectivity index (χ2n) is 5.59. The largest absolute Gasteiger partial charge is 0.336 e. The first kappa shape index (κ1) is 17.0. The van der Waals surface area contributed by atoms with Crippen LogP contribution in [0.15, 0.2) is 88.9 Å². The minimum Gasteiger partial charge on any atom is -0.336 e. The SMILES string of the molecule is CN(c1ccccc1)S(=O)(=O)c1cccc(N=c2ccccn2C)c1. The highest BCUT2D eigenvalue weighted by Crippen LogP contribution is 2.24. The van der Waals surface area contributed by atoms with Crippen molar-refractivity contribution in [1.29, 1.82) is 0 Å². The van der Waals surface area contributed by atoms with Gasteiger partial charge in [0.1, 0.15) is 5.49 Å². The molecule has 1 heterocycles. The maximum Gasteiger partial charge on any atom is 0.264 e. The molecule has 6 heteroatoms. The number of aryl methyl sites for hydroxylation is 1. The second-order valence-corrected chi connectivity index (χ2v) is 7.56. The first-order valence-corrected chi connectivity index (χ1v) is 9.23. The van der Waals surface area contributed by atoms with Crippen LogP contribution >= 0.6 is 0 Å². The molecule has 3 aromatic rings. The zero-order valence-electron chi connectivity index (χ0n) is 14.1. The molecular formula is C19H19N3O2S. The Morgan fingerprint density at radius 1 is 0.920 bits per heavy atom. The molecule has 0 N–H and O–H groups in total. The maximum absolute atomic E-state index is 12.9. The molecule has 0 spiro atoms. The van der Waals surface area contributed by atoms with Crippen LogP contribution in [0, 0.1) is 0 Å². The van der Waals surface area contributed by atoms with Crippen molar-refractivity contribution in [3.63, 3.8) is 0 Å². The van der Waals surface area contributed by atoms with Gasteiger partial charge in [0.15, 0.2) is 0 Å². The van der Waals surface area contributed by atoms with Crippen molar-refractivity contribution in [1.82, 2.24) is 4.57 Å². The smallest absolute Gasteiger partial charge is 0.264 e. The van der Waals surface area contributed by atoms with Gasteiger partial charge < -0.3 is 4.57 Å². The highest BCUT2D eigenvalue weighted by Gasteiger charge is 2.21. The van der Waals surface area contributed by atoms with Gasteiger partial charge in [-0.2, -0.15) is 0 Å². The Hall–Kier alpha value is -2.86. The molecule has 0 aliphatic carbocycles. The number of sulfonamides is 1. The van der Waals surface area contributed by atoms with Crippen LogP contribution in [0.4, 0.5) is 11.4 Å². The van der Waals surface area contributed by atoms with Gasteiger partial charge in [-0.05, 0) is 42.5 Å².